The second-order valence-electron chi connectivity index (χ2n) is 7.90. The molecule has 1 heterocycles. The second kappa shape index (κ2) is 12.2. The van der Waals surface area contributed by atoms with E-state index in [1.807, 2.05) is 60.5 Å². The molecule has 0 spiro atoms. The number of likely N-dealkylation sites (N-methyl/N-ethyl adjacent to an activating group) is 1. The quantitative estimate of drug-likeness (QED) is 0.313. The van der Waals surface area contributed by atoms with Gasteiger partial charge in [-0.05, 0) is 36.8 Å². The summed E-state index contributed by atoms with van der Waals surface area (Å²) in [5.41, 5.74) is 1.90. The van der Waals surface area contributed by atoms with E-state index in [4.69, 9.17) is 4.74 Å². The van der Waals surface area contributed by atoms with E-state index >= 15 is 0 Å². The summed E-state index contributed by atoms with van der Waals surface area (Å²) in [5, 5.41) is 12.6. The van der Waals surface area contributed by atoms with Crippen molar-refractivity contribution in [3.05, 3.63) is 102 Å². The topological polar surface area (TPSA) is 91.8 Å². The third-order valence-electron chi connectivity index (χ3n) is 5.20. The number of carboxylic acid groups (broad SMARTS) is 1. The Labute approximate surface area is 199 Å². The Morgan fingerprint density at radius 3 is 2.41 bits per heavy atom. The predicted molar refractivity (Wildman–Crippen MR) is 132 cm³/mol. The highest BCUT2D eigenvalue weighted by Gasteiger charge is 2.18. The molecule has 2 N–H and O–H groups in total. The monoisotopic (exact) mass is 459 g/mol. The molecule has 0 fully saturated rings. The summed E-state index contributed by atoms with van der Waals surface area (Å²) in [5.74, 6) is 0.425. The van der Waals surface area contributed by atoms with Crippen molar-refractivity contribution < 1.29 is 19.4 Å². The zero-order valence-corrected chi connectivity index (χ0v) is 19.3. The van der Waals surface area contributed by atoms with Gasteiger partial charge in [-0.3, -0.25) is 4.79 Å². The van der Waals surface area contributed by atoms with Crippen LogP contribution in [0.3, 0.4) is 0 Å². The number of hydrogen-bond acceptors (Lipinski definition) is 6. The lowest BCUT2D eigenvalue weighted by Crippen LogP contribution is -2.37. The van der Waals surface area contributed by atoms with Gasteiger partial charge in [0, 0.05) is 37.0 Å². The second-order valence-corrected chi connectivity index (χ2v) is 7.90. The molecule has 0 saturated carbocycles. The Bertz CT molecular complexity index is 1100. The van der Waals surface area contributed by atoms with E-state index in [0.717, 1.165) is 11.4 Å². The fourth-order valence-electron chi connectivity index (χ4n) is 3.35. The number of carbonyl (C=O) groups is 2. The fraction of sp³-hybridized carbons (Fsp3) is 0.222. The predicted octanol–water partition coefficient (Wildman–Crippen LogP) is 3.97. The normalized spacial score (nSPS) is 12.0. The molecule has 7 heteroatoms. The molecule has 0 radical (unpaired) electrons. The van der Waals surface area contributed by atoms with Crippen LogP contribution in [0.15, 0.2) is 90.8 Å². The first kappa shape index (κ1) is 24.5. The highest BCUT2D eigenvalue weighted by Crippen LogP contribution is 2.15. The molecule has 3 aromatic rings. The van der Waals surface area contributed by atoms with Crippen LogP contribution in [0, 0.1) is 0 Å². The van der Waals surface area contributed by atoms with Crippen LogP contribution < -0.4 is 15.0 Å². The van der Waals surface area contributed by atoms with Crippen LogP contribution in [0.4, 0.5) is 5.82 Å². The van der Waals surface area contributed by atoms with Crippen LogP contribution in [-0.4, -0.2) is 48.1 Å². The van der Waals surface area contributed by atoms with Crippen LogP contribution in [0.2, 0.25) is 0 Å². The van der Waals surface area contributed by atoms with Crippen LogP contribution in [-0.2, 0) is 11.2 Å². The molecule has 2 aromatic carbocycles. The molecule has 34 heavy (non-hydrogen) atoms. The van der Waals surface area contributed by atoms with Crippen molar-refractivity contribution in [1.82, 2.24) is 10.3 Å². The number of rotatable bonds is 12. The highest BCUT2D eigenvalue weighted by atomic mass is 16.5. The van der Waals surface area contributed by atoms with Gasteiger partial charge in [0.15, 0.2) is 5.78 Å². The van der Waals surface area contributed by atoms with Gasteiger partial charge in [0.05, 0.1) is 6.54 Å². The molecule has 176 valence electrons. The van der Waals surface area contributed by atoms with E-state index in [-0.39, 0.29) is 12.2 Å². The average Bonchev–Trinajstić information content (AvgIpc) is 2.85. The van der Waals surface area contributed by atoms with E-state index in [2.05, 4.69) is 10.3 Å². The molecular weight excluding hydrogens is 430 g/mol. The molecule has 1 unspecified atom stereocenters. The first-order valence-corrected chi connectivity index (χ1v) is 11.0. The number of carboxylic acids is 1. The van der Waals surface area contributed by atoms with Gasteiger partial charge in [0.25, 0.3) is 0 Å². The number of nitrogens with one attached hydrogen (secondary N) is 1. The maximum Gasteiger partial charge on any atom is 0.326 e. The lowest BCUT2D eigenvalue weighted by atomic mass is 10.1. The number of carbonyl (C=O) groups excluding carboxylic acids is 1. The van der Waals surface area contributed by atoms with Gasteiger partial charge >= 0.3 is 5.97 Å². The number of hydrogen-bond donors (Lipinski definition) is 2. The van der Waals surface area contributed by atoms with Crippen LogP contribution in [0.25, 0.3) is 0 Å². The smallest absolute Gasteiger partial charge is 0.326 e. The molecule has 0 aliphatic rings. The Balaban J connectivity index is 1.52. The SMILES string of the molecule is C/C(=C/C(=O)c1ccccc1)NC(Cc1ccc(OCCN(C)c2ccccn2)cc1)C(=O)O. The minimum atomic E-state index is -0.988. The number of ketones is 1. The molecule has 1 atom stereocenters. The van der Waals surface area contributed by atoms with Gasteiger partial charge in [-0.25, -0.2) is 9.78 Å². The lowest BCUT2D eigenvalue weighted by Gasteiger charge is -2.18. The Morgan fingerprint density at radius 1 is 1.06 bits per heavy atom. The molecular formula is C27H29N3O4. The third-order valence-corrected chi connectivity index (χ3v) is 5.20. The number of anilines is 1. The molecule has 0 amide bonds. The summed E-state index contributed by atoms with van der Waals surface area (Å²) in [7, 11) is 1.96. The summed E-state index contributed by atoms with van der Waals surface area (Å²) >= 11 is 0. The van der Waals surface area contributed by atoms with Crippen molar-refractivity contribution in [3.63, 3.8) is 0 Å². The number of ether oxygens (including phenoxy) is 1. The molecule has 0 aliphatic heterocycles. The maximum atomic E-state index is 12.3. The van der Waals surface area contributed by atoms with Crippen molar-refractivity contribution in [1.29, 1.82) is 0 Å². The van der Waals surface area contributed by atoms with E-state index in [1.54, 1.807) is 37.4 Å². The minimum absolute atomic E-state index is 0.176. The first-order chi connectivity index (χ1) is 16.4. The van der Waals surface area contributed by atoms with E-state index < -0.39 is 12.0 Å². The summed E-state index contributed by atoms with van der Waals surface area (Å²) in [6.07, 6.45) is 3.44. The van der Waals surface area contributed by atoms with Crippen LogP contribution in [0.1, 0.15) is 22.8 Å². The third kappa shape index (κ3) is 7.48. The summed E-state index contributed by atoms with van der Waals surface area (Å²) < 4.78 is 5.81. The van der Waals surface area contributed by atoms with Crippen molar-refractivity contribution >= 4 is 17.6 Å². The lowest BCUT2D eigenvalue weighted by molar-refractivity contribution is -0.139. The molecule has 0 bridgehead atoms. The fourth-order valence-corrected chi connectivity index (χ4v) is 3.35. The Morgan fingerprint density at radius 2 is 1.76 bits per heavy atom. The van der Waals surface area contributed by atoms with Gasteiger partial charge in [-0.2, -0.15) is 0 Å². The van der Waals surface area contributed by atoms with Crippen molar-refractivity contribution in [2.45, 2.75) is 19.4 Å². The van der Waals surface area contributed by atoms with Gasteiger partial charge in [0.1, 0.15) is 24.2 Å². The molecule has 7 nitrogen and oxygen atoms in total. The first-order valence-electron chi connectivity index (χ1n) is 11.0. The Kier molecular flexibility index (Phi) is 8.80. The van der Waals surface area contributed by atoms with Gasteiger partial charge in [-0.1, -0.05) is 48.5 Å². The maximum absolute atomic E-state index is 12.3. The average molecular weight is 460 g/mol. The summed E-state index contributed by atoms with van der Waals surface area (Å²) in [4.78, 5) is 30.4. The number of pyridine rings is 1. The van der Waals surface area contributed by atoms with E-state index in [0.29, 0.717) is 30.2 Å². The van der Waals surface area contributed by atoms with Gasteiger partial charge in [0.2, 0.25) is 0 Å². The minimum Gasteiger partial charge on any atom is -0.492 e. The number of aliphatic carboxylic acids is 1. The van der Waals surface area contributed by atoms with Crippen molar-refractivity contribution in [3.8, 4) is 5.75 Å². The Hall–Kier alpha value is -4.13. The van der Waals surface area contributed by atoms with E-state index in [9.17, 15) is 14.7 Å². The largest absolute Gasteiger partial charge is 0.492 e. The highest BCUT2D eigenvalue weighted by molar-refractivity contribution is 6.04. The van der Waals surface area contributed by atoms with Crippen LogP contribution in [0.5, 0.6) is 5.75 Å². The van der Waals surface area contributed by atoms with E-state index in [1.165, 1.54) is 6.08 Å². The number of benzene rings is 2. The van der Waals surface area contributed by atoms with Gasteiger partial charge < -0.3 is 20.1 Å². The van der Waals surface area contributed by atoms with Crippen molar-refractivity contribution in [2.75, 3.05) is 25.1 Å². The molecule has 0 aliphatic carbocycles. The zero-order chi connectivity index (χ0) is 24.3. The molecule has 0 saturated heterocycles. The number of aromatic nitrogens is 1. The van der Waals surface area contributed by atoms with Crippen LogP contribution >= 0.6 is 0 Å². The standard InChI is InChI=1S/C27H29N3O4/c1-20(18-25(31)22-8-4-3-5-9-22)29-24(27(32)33)19-21-11-13-23(14-12-21)34-17-16-30(2)26-10-6-7-15-28-26/h3-15,18,24,29H,16-17,19H2,1-2H3,(H,32,33)/b20-18-. The molecule has 3 rings (SSSR count). The number of allylic oxidation sites excluding steroid dienone is 2. The molecule has 1 aromatic heterocycles. The summed E-state index contributed by atoms with van der Waals surface area (Å²) in [6.45, 7) is 2.86. The number of nitrogens with zero attached hydrogens (tertiary/aromatic N) is 2. The zero-order valence-electron chi connectivity index (χ0n) is 19.3. The van der Waals surface area contributed by atoms with Crippen molar-refractivity contribution in [2.24, 2.45) is 0 Å². The van der Waals surface area contributed by atoms with Gasteiger partial charge in [-0.15, -0.1) is 0 Å². The summed E-state index contributed by atoms with van der Waals surface area (Å²) in [6, 6.07) is 21.1.